The van der Waals surface area contributed by atoms with Crippen LogP contribution in [0.1, 0.15) is 18.6 Å². The molecule has 3 heteroatoms. The lowest BCUT2D eigenvalue weighted by Crippen LogP contribution is -2.20. The van der Waals surface area contributed by atoms with Gasteiger partial charge >= 0.3 is 6.09 Å². The topological polar surface area (TPSA) is 38.3 Å². The number of amides is 1. The number of hydrogen-bond acceptors (Lipinski definition) is 2. The molecule has 13 heavy (non-hydrogen) atoms. The van der Waals surface area contributed by atoms with Gasteiger partial charge < -0.3 is 10.1 Å². The van der Waals surface area contributed by atoms with E-state index >= 15 is 0 Å². The fourth-order valence-corrected chi connectivity index (χ4v) is 1.01. The average Bonchev–Trinajstić information content (AvgIpc) is 2.19. The summed E-state index contributed by atoms with van der Waals surface area (Å²) in [6.45, 7) is 1.84. The molecular formula is C10H13NO2. The third kappa shape index (κ3) is 2.78. The molecule has 1 atom stereocenters. The van der Waals surface area contributed by atoms with Gasteiger partial charge in [-0.2, -0.15) is 0 Å². The van der Waals surface area contributed by atoms with Crippen LogP contribution < -0.4 is 5.32 Å². The van der Waals surface area contributed by atoms with Gasteiger partial charge in [0.2, 0.25) is 0 Å². The zero-order valence-corrected chi connectivity index (χ0v) is 7.78. The Balaban J connectivity index is 2.59. The van der Waals surface area contributed by atoms with Crippen molar-refractivity contribution in [3.63, 3.8) is 0 Å². The van der Waals surface area contributed by atoms with E-state index in [-0.39, 0.29) is 6.10 Å². The van der Waals surface area contributed by atoms with Crippen LogP contribution >= 0.6 is 0 Å². The maximum Gasteiger partial charge on any atom is 0.407 e. The van der Waals surface area contributed by atoms with E-state index in [0.717, 1.165) is 5.56 Å². The molecule has 1 aromatic carbocycles. The smallest absolute Gasteiger partial charge is 0.407 e. The summed E-state index contributed by atoms with van der Waals surface area (Å²) < 4.78 is 5.04. The first-order valence-corrected chi connectivity index (χ1v) is 4.17. The predicted molar refractivity (Wildman–Crippen MR) is 50.4 cm³/mol. The molecule has 3 nitrogen and oxygen atoms in total. The highest BCUT2D eigenvalue weighted by molar-refractivity contribution is 5.67. The Labute approximate surface area is 77.7 Å². The summed E-state index contributed by atoms with van der Waals surface area (Å²) in [6.07, 6.45) is -0.613. The molecule has 70 valence electrons. The highest BCUT2D eigenvalue weighted by Gasteiger charge is 2.08. The standard InChI is InChI=1S/C10H13NO2/c1-8(13-10(12)11-2)9-6-4-3-5-7-9/h3-8H,1-2H3,(H,11,12)/t8-/m0/s1. The molecule has 0 radical (unpaired) electrons. The van der Waals surface area contributed by atoms with Crippen LogP contribution in [0.2, 0.25) is 0 Å². The average molecular weight is 179 g/mol. The van der Waals surface area contributed by atoms with Gasteiger partial charge in [0, 0.05) is 7.05 Å². The molecule has 0 unspecified atom stereocenters. The molecule has 0 aliphatic heterocycles. The molecule has 0 bridgehead atoms. The molecule has 0 fully saturated rings. The zero-order valence-electron chi connectivity index (χ0n) is 7.78. The van der Waals surface area contributed by atoms with Gasteiger partial charge in [0.1, 0.15) is 6.10 Å². The van der Waals surface area contributed by atoms with E-state index in [2.05, 4.69) is 5.32 Å². The van der Waals surface area contributed by atoms with Crippen LogP contribution in [0.3, 0.4) is 0 Å². The Bertz CT molecular complexity index is 272. The minimum atomic E-state index is -0.406. The molecule has 0 aliphatic carbocycles. The quantitative estimate of drug-likeness (QED) is 0.755. The fraction of sp³-hybridized carbons (Fsp3) is 0.300. The van der Waals surface area contributed by atoms with Crippen molar-refractivity contribution in [1.29, 1.82) is 0 Å². The van der Waals surface area contributed by atoms with Crippen molar-refractivity contribution in [1.82, 2.24) is 5.32 Å². The lowest BCUT2D eigenvalue weighted by atomic mass is 10.1. The van der Waals surface area contributed by atoms with E-state index < -0.39 is 6.09 Å². The fourth-order valence-electron chi connectivity index (χ4n) is 1.01. The number of ether oxygens (including phenoxy) is 1. The summed E-state index contributed by atoms with van der Waals surface area (Å²) in [5.74, 6) is 0. The Hall–Kier alpha value is -1.51. The summed E-state index contributed by atoms with van der Waals surface area (Å²) in [5.41, 5.74) is 0.992. The van der Waals surface area contributed by atoms with Gasteiger partial charge in [0.05, 0.1) is 0 Å². The first kappa shape index (κ1) is 9.58. The van der Waals surface area contributed by atoms with E-state index in [9.17, 15) is 4.79 Å². The first-order valence-electron chi connectivity index (χ1n) is 4.17. The second-order valence-corrected chi connectivity index (χ2v) is 2.71. The minimum absolute atomic E-state index is 0.207. The number of hydrogen-bond donors (Lipinski definition) is 1. The number of alkyl carbamates (subject to hydrolysis) is 1. The molecule has 1 amide bonds. The van der Waals surface area contributed by atoms with Crippen molar-refractivity contribution >= 4 is 6.09 Å². The number of benzene rings is 1. The monoisotopic (exact) mass is 179 g/mol. The van der Waals surface area contributed by atoms with Crippen molar-refractivity contribution in [2.24, 2.45) is 0 Å². The van der Waals surface area contributed by atoms with Crippen molar-refractivity contribution in [2.75, 3.05) is 7.05 Å². The predicted octanol–water partition coefficient (Wildman–Crippen LogP) is 2.10. The molecule has 0 aromatic heterocycles. The van der Waals surface area contributed by atoms with Crippen molar-refractivity contribution in [3.05, 3.63) is 35.9 Å². The van der Waals surface area contributed by atoms with Gasteiger partial charge in [-0.05, 0) is 12.5 Å². The largest absolute Gasteiger partial charge is 0.442 e. The molecule has 1 aromatic rings. The van der Waals surface area contributed by atoms with E-state index in [1.165, 1.54) is 0 Å². The molecule has 0 aliphatic rings. The van der Waals surface area contributed by atoms with Crippen LogP contribution in [0, 0.1) is 0 Å². The van der Waals surface area contributed by atoms with Gasteiger partial charge in [-0.1, -0.05) is 30.3 Å². The Morgan fingerprint density at radius 2 is 2.00 bits per heavy atom. The van der Waals surface area contributed by atoms with E-state index in [0.29, 0.717) is 0 Å². The molecule has 0 spiro atoms. The van der Waals surface area contributed by atoms with Crippen LogP contribution in [0.25, 0.3) is 0 Å². The second-order valence-electron chi connectivity index (χ2n) is 2.71. The van der Waals surface area contributed by atoms with E-state index in [4.69, 9.17) is 4.74 Å². The van der Waals surface area contributed by atoms with Crippen LogP contribution in [0.15, 0.2) is 30.3 Å². The molecular weight excluding hydrogens is 166 g/mol. The van der Waals surface area contributed by atoms with Crippen molar-refractivity contribution in [3.8, 4) is 0 Å². The third-order valence-corrected chi connectivity index (χ3v) is 1.76. The first-order chi connectivity index (χ1) is 6.24. The summed E-state index contributed by atoms with van der Waals surface area (Å²) in [4.78, 5) is 10.9. The van der Waals surface area contributed by atoms with Gasteiger partial charge in [0.25, 0.3) is 0 Å². The summed E-state index contributed by atoms with van der Waals surface area (Å²) >= 11 is 0. The number of carbonyl (C=O) groups excluding carboxylic acids is 1. The minimum Gasteiger partial charge on any atom is -0.442 e. The Morgan fingerprint density at radius 1 is 1.38 bits per heavy atom. The maximum absolute atomic E-state index is 10.9. The summed E-state index contributed by atoms with van der Waals surface area (Å²) in [6, 6.07) is 9.61. The molecule has 0 saturated carbocycles. The zero-order chi connectivity index (χ0) is 9.68. The highest BCUT2D eigenvalue weighted by Crippen LogP contribution is 2.15. The maximum atomic E-state index is 10.9. The lowest BCUT2D eigenvalue weighted by Gasteiger charge is -2.12. The van der Waals surface area contributed by atoms with Crippen molar-refractivity contribution < 1.29 is 9.53 Å². The van der Waals surface area contributed by atoms with Gasteiger partial charge in [-0.25, -0.2) is 4.79 Å². The van der Waals surface area contributed by atoms with Crippen LogP contribution in [0.5, 0.6) is 0 Å². The Kier molecular flexibility index (Phi) is 3.31. The summed E-state index contributed by atoms with van der Waals surface area (Å²) in [7, 11) is 1.54. The second kappa shape index (κ2) is 4.50. The third-order valence-electron chi connectivity index (χ3n) is 1.76. The van der Waals surface area contributed by atoms with Crippen LogP contribution in [0.4, 0.5) is 4.79 Å². The number of carbonyl (C=O) groups is 1. The molecule has 0 heterocycles. The van der Waals surface area contributed by atoms with Crippen LogP contribution in [-0.4, -0.2) is 13.1 Å². The highest BCUT2D eigenvalue weighted by atomic mass is 16.6. The van der Waals surface area contributed by atoms with Gasteiger partial charge in [0.15, 0.2) is 0 Å². The van der Waals surface area contributed by atoms with Gasteiger partial charge in [-0.15, -0.1) is 0 Å². The Morgan fingerprint density at radius 3 is 2.54 bits per heavy atom. The number of nitrogens with one attached hydrogen (secondary N) is 1. The number of rotatable bonds is 2. The van der Waals surface area contributed by atoms with E-state index in [1.54, 1.807) is 7.05 Å². The summed E-state index contributed by atoms with van der Waals surface area (Å²) in [5, 5.41) is 2.40. The van der Waals surface area contributed by atoms with E-state index in [1.807, 2.05) is 37.3 Å². The normalized spacial score (nSPS) is 11.8. The van der Waals surface area contributed by atoms with Crippen LogP contribution in [-0.2, 0) is 4.74 Å². The van der Waals surface area contributed by atoms with Crippen molar-refractivity contribution in [2.45, 2.75) is 13.0 Å². The molecule has 1 rings (SSSR count). The molecule has 0 saturated heterocycles. The SMILES string of the molecule is CNC(=O)O[C@@H](C)c1ccccc1. The lowest BCUT2D eigenvalue weighted by molar-refractivity contribution is 0.109. The van der Waals surface area contributed by atoms with Gasteiger partial charge in [-0.3, -0.25) is 0 Å². The molecule has 1 N–H and O–H groups in total.